The van der Waals surface area contributed by atoms with E-state index in [1.165, 1.54) is 77.3 Å². The maximum atomic E-state index is 3.75. The first-order valence-corrected chi connectivity index (χ1v) is 8.87. The van der Waals surface area contributed by atoms with Gasteiger partial charge in [-0.1, -0.05) is 19.8 Å². The monoisotopic (exact) mass is 264 g/mol. The Morgan fingerprint density at radius 1 is 1.00 bits per heavy atom. The van der Waals surface area contributed by atoms with Gasteiger partial charge in [-0.05, 0) is 70.4 Å². The third-order valence-corrected chi connectivity index (χ3v) is 5.84. The summed E-state index contributed by atoms with van der Waals surface area (Å²) in [5, 5.41) is 3.75. The van der Waals surface area contributed by atoms with Gasteiger partial charge < -0.3 is 5.32 Å². The van der Waals surface area contributed by atoms with E-state index < -0.39 is 0 Å². The molecule has 0 amide bonds. The standard InChI is InChI=1S/C17H32N2/c1-2-11-18-15-9-10-16(13-15)19-12-5-7-14-6-3-4-8-17(14)19/h14-18H,2-13H2,1H3. The van der Waals surface area contributed by atoms with Gasteiger partial charge in [0.25, 0.3) is 0 Å². The molecule has 2 nitrogen and oxygen atoms in total. The van der Waals surface area contributed by atoms with Gasteiger partial charge in [0, 0.05) is 18.1 Å². The van der Waals surface area contributed by atoms with Gasteiger partial charge in [0.05, 0.1) is 0 Å². The molecule has 2 aliphatic carbocycles. The van der Waals surface area contributed by atoms with E-state index in [2.05, 4.69) is 17.1 Å². The zero-order chi connectivity index (χ0) is 13.1. The zero-order valence-electron chi connectivity index (χ0n) is 12.7. The van der Waals surface area contributed by atoms with Gasteiger partial charge in [0.2, 0.25) is 0 Å². The number of piperidine rings is 1. The van der Waals surface area contributed by atoms with E-state index in [9.17, 15) is 0 Å². The van der Waals surface area contributed by atoms with Crippen molar-refractivity contribution in [3.8, 4) is 0 Å². The second kappa shape index (κ2) is 6.58. The molecule has 0 bridgehead atoms. The molecule has 0 aromatic rings. The molecule has 3 fully saturated rings. The Balaban J connectivity index is 1.56. The molecular formula is C17H32N2. The molecule has 4 atom stereocenters. The summed E-state index contributed by atoms with van der Waals surface area (Å²) in [6, 6.07) is 2.67. The molecule has 1 saturated heterocycles. The summed E-state index contributed by atoms with van der Waals surface area (Å²) in [6.07, 6.45) is 14.5. The quantitative estimate of drug-likeness (QED) is 0.835. The molecular weight excluding hydrogens is 232 g/mol. The van der Waals surface area contributed by atoms with Crippen LogP contribution in [0, 0.1) is 5.92 Å². The highest BCUT2D eigenvalue weighted by atomic mass is 15.2. The maximum absolute atomic E-state index is 3.75. The summed E-state index contributed by atoms with van der Waals surface area (Å²) in [7, 11) is 0. The maximum Gasteiger partial charge on any atom is 0.0126 e. The Bertz CT molecular complexity index is 276. The average Bonchev–Trinajstić information content (AvgIpc) is 2.93. The molecule has 2 heteroatoms. The molecule has 0 spiro atoms. The lowest BCUT2D eigenvalue weighted by atomic mass is 9.77. The topological polar surface area (TPSA) is 15.3 Å². The molecule has 2 saturated carbocycles. The van der Waals surface area contributed by atoms with Gasteiger partial charge in [-0.3, -0.25) is 4.90 Å². The minimum atomic E-state index is 0.814. The fourth-order valence-corrected chi connectivity index (χ4v) is 4.91. The van der Waals surface area contributed by atoms with Crippen LogP contribution in [-0.2, 0) is 0 Å². The third-order valence-electron chi connectivity index (χ3n) is 5.84. The predicted octanol–water partition coefficient (Wildman–Crippen LogP) is 3.56. The van der Waals surface area contributed by atoms with Crippen LogP contribution in [0.15, 0.2) is 0 Å². The van der Waals surface area contributed by atoms with Crippen molar-refractivity contribution < 1.29 is 0 Å². The molecule has 1 heterocycles. The normalized spacial score (nSPS) is 40.3. The van der Waals surface area contributed by atoms with Crippen LogP contribution in [0.2, 0.25) is 0 Å². The second-order valence-electron chi connectivity index (χ2n) is 7.11. The van der Waals surface area contributed by atoms with E-state index in [4.69, 9.17) is 0 Å². The van der Waals surface area contributed by atoms with E-state index in [-0.39, 0.29) is 0 Å². The summed E-state index contributed by atoms with van der Waals surface area (Å²) < 4.78 is 0. The van der Waals surface area contributed by atoms with Crippen molar-refractivity contribution in [3.63, 3.8) is 0 Å². The van der Waals surface area contributed by atoms with Crippen molar-refractivity contribution >= 4 is 0 Å². The van der Waals surface area contributed by atoms with Gasteiger partial charge in [-0.15, -0.1) is 0 Å². The number of rotatable bonds is 4. The van der Waals surface area contributed by atoms with Crippen molar-refractivity contribution in [1.29, 1.82) is 0 Å². The number of nitrogens with one attached hydrogen (secondary N) is 1. The Hall–Kier alpha value is -0.0800. The van der Waals surface area contributed by atoms with Crippen LogP contribution < -0.4 is 5.32 Å². The fraction of sp³-hybridized carbons (Fsp3) is 1.00. The number of hydrogen-bond acceptors (Lipinski definition) is 2. The number of likely N-dealkylation sites (tertiary alicyclic amines) is 1. The van der Waals surface area contributed by atoms with E-state index in [0.29, 0.717) is 0 Å². The smallest absolute Gasteiger partial charge is 0.0126 e. The van der Waals surface area contributed by atoms with Gasteiger partial charge in [-0.25, -0.2) is 0 Å². The predicted molar refractivity (Wildman–Crippen MR) is 81.4 cm³/mol. The Labute approximate surface area is 119 Å². The van der Waals surface area contributed by atoms with Gasteiger partial charge >= 0.3 is 0 Å². The van der Waals surface area contributed by atoms with Gasteiger partial charge in [0.1, 0.15) is 0 Å². The van der Waals surface area contributed by atoms with E-state index in [1.807, 2.05) is 0 Å². The van der Waals surface area contributed by atoms with E-state index >= 15 is 0 Å². The average molecular weight is 264 g/mol. The van der Waals surface area contributed by atoms with Crippen LogP contribution >= 0.6 is 0 Å². The van der Waals surface area contributed by atoms with Crippen molar-refractivity contribution in [2.45, 2.75) is 89.3 Å². The highest BCUT2D eigenvalue weighted by Crippen LogP contribution is 2.39. The van der Waals surface area contributed by atoms with Gasteiger partial charge in [-0.2, -0.15) is 0 Å². The lowest BCUT2D eigenvalue weighted by molar-refractivity contribution is 0.0270. The molecule has 1 aliphatic heterocycles. The summed E-state index contributed by atoms with van der Waals surface area (Å²) in [4.78, 5) is 2.95. The largest absolute Gasteiger partial charge is 0.314 e. The van der Waals surface area contributed by atoms with Crippen molar-refractivity contribution in [2.75, 3.05) is 13.1 Å². The second-order valence-corrected chi connectivity index (χ2v) is 7.11. The molecule has 3 aliphatic rings. The first kappa shape index (κ1) is 13.9. The first-order valence-electron chi connectivity index (χ1n) is 8.87. The summed E-state index contributed by atoms with van der Waals surface area (Å²) in [6.45, 7) is 4.88. The minimum Gasteiger partial charge on any atom is -0.314 e. The molecule has 0 radical (unpaired) electrons. The van der Waals surface area contributed by atoms with Crippen LogP contribution in [0.25, 0.3) is 0 Å². The molecule has 3 rings (SSSR count). The molecule has 110 valence electrons. The first-order chi connectivity index (χ1) is 9.38. The SMILES string of the molecule is CCCNC1CCC(N2CCCC3CCCCC32)C1. The molecule has 4 unspecified atom stereocenters. The van der Waals surface area contributed by atoms with E-state index in [0.717, 1.165) is 24.0 Å². The van der Waals surface area contributed by atoms with Crippen molar-refractivity contribution in [3.05, 3.63) is 0 Å². The fourth-order valence-electron chi connectivity index (χ4n) is 4.91. The van der Waals surface area contributed by atoms with Gasteiger partial charge in [0.15, 0.2) is 0 Å². The number of fused-ring (bicyclic) bond motifs is 1. The van der Waals surface area contributed by atoms with Crippen molar-refractivity contribution in [2.24, 2.45) is 5.92 Å². The van der Waals surface area contributed by atoms with Crippen LogP contribution in [0.1, 0.15) is 71.1 Å². The lowest BCUT2D eigenvalue weighted by Gasteiger charge is -2.47. The number of nitrogens with zero attached hydrogens (tertiary/aromatic N) is 1. The zero-order valence-corrected chi connectivity index (χ0v) is 12.7. The highest BCUT2D eigenvalue weighted by molar-refractivity contribution is 4.94. The molecule has 0 aromatic carbocycles. The molecule has 19 heavy (non-hydrogen) atoms. The van der Waals surface area contributed by atoms with Crippen LogP contribution in [0.4, 0.5) is 0 Å². The Morgan fingerprint density at radius 2 is 1.84 bits per heavy atom. The summed E-state index contributed by atoms with van der Waals surface area (Å²) >= 11 is 0. The summed E-state index contributed by atoms with van der Waals surface area (Å²) in [5.41, 5.74) is 0. The Morgan fingerprint density at radius 3 is 2.74 bits per heavy atom. The molecule has 0 aromatic heterocycles. The van der Waals surface area contributed by atoms with Crippen LogP contribution in [-0.4, -0.2) is 36.1 Å². The highest BCUT2D eigenvalue weighted by Gasteiger charge is 2.38. The van der Waals surface area contributed by atoms with Crippen LogP contribution in [0.5, 0.6) is 0 Å². The van der Waals surface area contributed by atoms with E-state index in [1.54, 1.807) is 0 Å². The third kappa shape index (κ3) is 3.16. The Kier molecular flexibility index (Phi) is 4.81. The lowest BCUT2D eigenvalue weighted by Crippen LogP contribution is -2.51. The minimum absolute atomic E-state index is 0.814. The van der Waals surface area contributed by atoms with Crippen molar-refractivity contribution in [1.82, 2.24) is 10.2 Å². The number of hydrogen-bond donors (Lipinski definition) is 1. The van der Waals surface area contributed by atoms with Crippen LogP contribution in [0.3, 0.4) is 0 Å². The summed E-state index contributed by atoms with van der Waals surface area (Å²) in [5.74, 6) is 1.05. The molecule has 1 N–H and O–H groups in total.